The van der Waals surface area contributed by atoms with Gasteiger partial charge in [0.05, 0.1) is 6.04 Å². The van der Waals surface area contributed by atoms with Crippen molar-refractivity contribution in [3.63, 3.8) is 0 Å². The molecule has 11 rings (SSSR count). The second-order valence-electron chi connectivity index (χ2n) is 16.3. The first-order chi connectivity index (χ1) is 25.8. The van der Waals surface area contributed by atoms with E-state index in [1.54, 1.807) is 16.1 Å². The molecule has 3 fully saturated rings. The van der Waals surface area contributed by atoms with Gasteiger partial charge in [0.15, 0.2) is 0 Å². The van der Waals surface area contributed by atoms with Crippen LogP contribution in [-0.4, -0.2) is 34.4 Å². The molecule has 0 radical (unpaired) electrons. The molecule has 4 aliphatic heterocycles. The number of nitrogens with zero attached hydrogens (tertiary/aromatic N) is 1. The quantitative estimate of drug-likeness (QED) is 0.318. The molecule has 11 unspecified atom stereocenters. The topological polar surface area (TPSA) is 15.3 Å². The highest BCUT2D eigenvalue weighted by Gasteiger charge is 2.65. The SMILES string of the molecule is C1=CC2SC3C=C(C4CC=CCN4)C=CC3C3(C4=CCCC=C4SC4CCCC(C5=CC6C(C=C5)c5ccccc5N6c5ccccc5)C43)C2C=C1. The van der Waals surface area contributed by atoms with Crippen LogP contribution in [0, 0.1) is 29.1 Å². The van der Waals surface area contributed by atoms with Gasteiger partial charge in [-0.25, -0.2) is 0 Å². The fraction of sp³-hybridized carbons (Fsp3) is 0.375. The van der Waals surface area contributed by atoms with E-state index in [0.29, 0.717) is 57.4 Å². The maximum atomic E-state index is 3.81. The van der Waals surface area contributed by atoms with Gasteiger partial charge < -0.3 is 10.2 Å². The smallest absolute Gasteiger partial charge is 0.0632 e. The molecule has 4 heteroatoms. The number of hydrogen-bond acceptors (Lipinski definition) is 4. The number of benzene rings is 2. The van der Waals surface area contributed by atoms with Gasteiger partial charge in [0.1, 0.15) is 0 Å². The van der Waals surface area contributed by atoms with Crippen LogP contribution in [0.25, 0.3) is 0 Å². The Hall–Kier alpha value is -3.44. The molecule has 1 N–H and O–H groups in total. The molecule has 1 spiro atoms. The highest BCUT2D eigenvalue weighted by atomic mass is 32.2. The van der Waals surface area contributed by atoms with Crippen molar-refractivity contribution in [2.45, 2.75) is 72.3 Å². The summed E-state index contributed by atoms with van der Waals surface area (Å²) in [6.07, 6.45) is 43.3. The van der Waals surface area contributed by atoms with Crippen LogP contribution in [0.1, 0.15) is 50.0 Å². The predicted octanol–water partition coefficient (Wildman–Crippen LogP) is 11.2. The second-order valence-corrected chi connectivity index (χ2v) is 18.9. The zero-order valence-electron chi connectivity index (χ0n) is 29.8. The van der Waals surface area contributed by atoms with Gasteiger partial charge in [-0.1, -0.05) is 128 Å². The van der Waals surface area contributed by atoms with Gasteiger partial charge >= 0.3 is 0 Å². The molecule has 52 heavy (non-hydrogen) atoms. The van der Waals surface area contributed by atoms with Crippen LogP contribution >= 0.6 is 23.5 Å². The fourth-order valence-electron chi connectivity index (χ4n) is 12.0. The van der Waals surface area contributed by atoms with E-state index in [4.69, 9.17) is 0 Å². The molecule has 0 amide bonds. The Morgan fingerprint density at radius 3 is 2.54 bits per heavy atom. The summed E-state index contributed by atoms with van der Waals surface area (Å²) < 4.78 is 0. The molecular weight excluding hydrogens is 669 g/mol. The minimum absolute atomic E-state index is 0.0524. The van der Waals surface area contributed by atoms with Crippen molar-refractivity contribution >= 4 is 34.9 Å². The fourth-order valence-corrected chi connectivity index (χ4v) is 15.5. The highest BCUT2D eigenvalue weighted by Crippen LogP contribution is 2.72. The maximum absolute atomic E-state index is 3.81. The minimum atomic E-state index is 0.0524. The highest BCUT2D eigenvalue weighted by molar-refractivity contribution is 8.04. The lowest BCUT2D eigenvalue weighted by atomic mass is 9.46. The first-order valence-electron chi connectivity index (χ1n) is 20.0. The zero-order valence-corrected chi connectivity index (χ0v) is 31.4. The van der Waals surface area contributed by atoms with Crippen molar-refractivity contribution in [2.75, 3.05) is 11.4 Å². The molecule has 2 saturated heterocycles. The van der Waals surface area contributed by atoms with Gasteiger partial charge in [0, 0.05) is 67.8 Å². The molecule has 2 aromatic rings. The van der Waals surface area contributed by atoms with Crippen molar-refractivity contribution in [3.05, 3.63) is 167 Å². The zero-order chi connectivity index (χ0) is 34.2. The Morgan fingerprint density at radius 1 is 0.769 bits per heavy atom. The third kappa shape index (κ3) is 4.82. The molecule has 1 saturated carbocycles. The lowest BCUT2D eigenvalue weighted by Gasteiger charge is -2.65. The Balaban J connectivity index is 1.06. The summed E-state index contributed by atoms with van der Waals surface area (Å²) in [5, 5.41) is 5.40. The lowest BCUT2D eigenvalue weighted by molar-refractivity contribution is 0.0333. The minimum Gasteiger partial charge on any atom is -0.333 e. The predicted molar refractivity (Wildman–Crippen MR) is 222 cm³/mol. The van der Waals surface area contributed by atoms with Gasteiger partial charge in [-0.15, -0.1) is 23.5 Å². The van der Waals surface area contributed by atoms with Crippen molar-refractivity contribution in [1.82, 2.24) is 5.32 Å². The van der Waals surface area contributed by atoms with Gasteiger partial charge in [-0.05, 0) is 84.4 Å². The molecule has 2 nitrogen and oxygen atoms in total. The number of para-hydroxylation sites is 2. The molecule has 9 aliphatic rings. The van der Waals surface area contributed by atoms with E-state index in [-0.39, 0.29) is 5.41 Å². The van der Waals surface area contributed by atoms with Crippen LogP contribution in [0.5, 0.6) is 0 Å². The number of hydrogen-bond donors (Lipinski definition) is 1. The van der Waals surface area contributed by atoms with E-state index in [1.165, 1.54) is 54.6 Å². The lowest BCUT2D eigenvalue weighted by Crippen LogP contribution is -2.61. The van der Waals surface area contributed by atoms with E-state index in [9.17, 15) is 0 Å². The largest absolute Gasteiger partial charge is 0.333 e. The molecule has 0 bridgehead atoms. The normalized spacial score (nSPS) is 39.3. The molecule has 0 aromatic heterocycles. The van der Waals surface area contributed by atoms with Crippen LogP contribution in [0.15, 0.2) is 161 Å². The van der Waals surface area contributed by atoms with E-state index < -0.39 is 0 Å². The summed E-state index contributed by atoms with van der Waals surface area (Å²) in [6, 6.07) is 21.0. The number of anilines is 2. The number of thioether (sulfide) groups is 2. The summed E-state index contributed by atoms with van der Waals surface area (Å²) in [5.74, 6) is 2.43. The van der Waals surface area contributed by atoms with Crippen molar-refractivity contribution in [2.24, 2.45) is 29.1 Å². The average molecular weight is 717 g/mol. The molecule has 262 valence electrons. The summed E-state index contributed by atoms with van der Waals surface area (Å²) in [4.78, 5) is 4.26. The monoisotopic (exact) mass is 716 g/mol. The number of fused-ring (bicyclic) bond motifs is 11. The Bertz CT molecular complexity index is 2040. The Labute approximate surface area is 318 Å². The standard InChI is InChI=1S/C48H48N2S2/c1-2-13-33(14-3-1)50-41-20-7-4-15-35(41)36-26-24-31(29-42(36)50)34-16-12-23-45-47(34)48(37-17-5-8-21-43(37)51-45)38-18-6-9-22-44(38)52-46-30-32(25-27-39(46)48)40-19-10-11-28-49-40/h1-4,6-7,9-11,13-15,17-18,20-22,24-27,29-30,34,36,38-40,42,44-47,49H,5,8,12,16,19,23,28H2. The Kier molecular flexibility index (Phi) is 7.92. The molecule has 11 atom stereocenters. The van der Waals surface area contributed by atoms with E-state index in [0.717, 1.165) is 13.0 Å². The molecule has 2 aromatic carbocycles. The third-order valence-corrected chi connectivity index (χ3v) is 16.9. The van der Waals surface area contributed by atoms with Crippen LogP contribution < -0.4 is 10.2 Å². The van der Waals surface area contributed by atoms with E-state index in [2.05, 4.69) is 173 Å². The number of allylic oxidation sites excluding steroid dienone is 9. The van der Waals surface area contributed by atoms with E-state index >= 15 is 0 Å². The first-order valence-corrected chi connectivity index (χ1v) is 21.8. The molecule has 5 aliphatic carbocycles. The second kappa shape index (κ2) is 12.9. The summed E-state index contributed by atoms with van der Waals surface area (Å²) in [6.45, 7) is 0.972. The summed E-state index contributed by atoms with van der Waals surface area (Å²) in [5.41, 5.74) is 8.99. The van der Waals surface area contributed by atoms with Crippen LogP contribution in [0.2, 0.25) is 0 Å². The molecule has 4 heterocycles. The van der Waals surface area contributed by atoms with Gasteiger partial charge in [-0.3, -0.25) is 0 Å². The van der Waals surface area contributed by atoms with Crippen molar-refractivity contribution < 1.29 is 0 Å². The van der Waals surface area contributed by atoms with Gasteiger partial charge in [0.25, 0.3) is 0 Å². The summed E-state index contributed by atoms with van der Waals surface area (Å²) in [7, 11) is 0. The molecular formula is C48H48N2S2. The average Bonchev–Trinajstić information content (AvgIpc) is 3.54. The Morgan fingerprint density at radius 2 is 1.62 bits per heavy atom. The van der Waals surface area contributed by atoms with Crippen molar-refractivity contribution in [3.8, 4) is 0 Å². The maximum Gasteiger partial charge on any atom is 0.0632 e. The van der Waals surface area contributed by atoms with E-state index in [1.807, 2.05) is 0 Å². The van der Waals surface area contributed by atoms with Crippen molar-refractivity contribution in [1.29, 1.82) is 0 Å². The number of rotatable bonds is 3. The number of nitrogens with one attached hydrogen (secondary N) is 1. The van der Waals surface area contributed by atoms with Crippen LogP contribution in [-0.2, 0) is 0 Å². The first kappa shape index (κ1) is 32.0. The van der Waals surface area contributed by atoms with Crippen LogP contribution in [0.4, 0.5) is 11.4 Å². The van der Waals surface area contributed by atoms with Gasteiger partial charge in [0.2, 0.25) is 0 Å². The van der Waals surface area contributed by atoms with Gasteiger partial charge in [-0.2, -0.15) is 0 Å². The summed E-state index contributed by atoms with van der Waals surface area (Å²) >= 11 is 4.52. The third-order valence-electron chi connectivity index (χ3n) is 13.9. The van der Waals surface area contributed by atoms with Crippen LogP contribution in [0.3, 0.4) is 0 Å².